The maximum atomic E-state index is 5.35. The van der Waals surface area contributed by atoms with Gasteiger partial charge in [0, 0.05) is 5.56 Å². The average molecular weight is 278 g/mol. The molecular formula is C17H18N4. The Kier molecular flexibility index (Phi) is 4.88. The number of hydrogen-bond acceptors (Lipinski definition) is 2. The number of nitrogens with zero attached hydrogens (tertiary/aromatic N) is 2. The quantitative estimate of drug-likeness (QED) is 0.512. The standard InChI is InChI=1S/C17H18N4/c1-13-7-10-15(11-8-13)16(20-21-17(18)19)12-9-14-5-3-2-4-6-14/h2-12H,1H3,(H4,18,19,21)/b12-9+,20-16-. The van der Waals surface area contributed by atoms with E-state index in [1.165, 1.54) is 5.56 Å². The molecule has 0 radical (unpaired) electrons. The van der Waals surface area contributed by atoms with E-state index in [4.69, 9.17) is 11.5 Å². The number of aryl methyl sites for hydroxylation is 1. The van der Waals surface area contributed by atoms with Gasteiger partial charge in [-0.2, -0.15) is 0 Å². The molecule has 0 bridgehead atoms. The molecule has 4 nitrogen and oxygen atoms in total. The lowest BCUT2D eigenvalue weighted by Crippen LogP contribution is -2.22. The minimum Gasteiger partial charge on any atom is -0.369 e. The van der Waals surface area contributed by atoms with E-state index in [9.17, 15) is 0 Å². The van der Waals surface area contributed by atoms with E-state index in [2.05, 4.69) is 10.2 Å². The second-order valence-electron chi connectivity index (χ2n) is 4.62. The summed E-state index contributed by atoms with van der Waals surface area (Å²) in [6, 6.07) is 18.0. The Morgan fingerprint density at radius 1 is 0.905 bits per heavy atom. The maximum absolute atomic E-state index is 5.35. The molecule has 21 heavy (non-hydrogen) atoms. The van der Waals surface area contributed by atoms with Crippen molar-refractivity contribution >= 4 is 17.7 Å². The van der Waals surface area contributed by atoms with Gasteiger partial charge in [0.1, 0.15) is 0 Å². The van der Waals surface area contributed by atoms with E-state index >= 15 is 0 Å². The van der Waals surface area contributed by atoms with E-state index in [0.29, 0.717) is 5.71 Å². The van der Waals surface area contributed by atoms with Gasteiger partial charge >= 0.3 is 0 Å². The second-order valence-corrected chi connectivity index (χ2v) is 4.62. The van der Waals surface area contributed by atoms with Crippen molar-refractivity contribution in [3.8, 4) is 0 Å². The predicted molar refractivity (Wildman–Crippen MR) is 89.0 cm³/mol. The summed E-state index contributed by atoms with van der Waals surface area (Å²) >= 11 is 0. The lowest BCUT2D eigenvalue weighted by Gasteiger charge is -2.01. The van der Waals surface area contributed by atoms with E-state index < -0.39 is 0 Å². The molecule has 0 spiro atoms. The van der Waals surface area contributed by atoms with E-state index in [-0.39, 0.29) is 5.96 Å². The van der Waals surface area contributed by atoms with Crippen LogP contribution in [0.15, 0.2) is 70.9 Å². The zero-order valence-electron chi connectivity index (χ0n) is 11.9. The Hall–Kier alpha value is -2.88. The zero-order valence-corrected chi connectivity index (χ0v) is 11.9. The van der Waals surface area contributed by atoms with Crippen LogP contribution >= 0.6 is 0 Å². The number of benzene rings is 2. The maximum Gasteiger partial charge on any atom is 0.211 e. The molecule has 0 saturated carbocycles. The summed E-state index contributed by atoms with van der Waals surface area (Å²) in [5, 5.41) is 7.85. The molecule has 0 atom stereocenters. The third kappa shape index (κ3) is 4.62. The van der Waals surface area contributed by atoms with Crippen LogP contribution in [0.4, 0.5) is 0 Å². The average Bonchev–Trinajstić information content (AvgIpc) is 2.49. The molecule has 0 aliphatic rings. The molecule has 2 aromatic rings. The Balaban J connectivity index is 2.33. The second kappa shape index (κ2) is 7.05. The van der Waals surface area contributed by atoms with E-state index in [1.807, 2.05) is 73.7 Å². The summed E-state index contributed by atoms with van der Waals surface area (Å²) in [5.74, 6) is -0.0623. The van der Waals surface area contributed by atoms with Crippen molar-refractivity contribution in [2.45, 2.75) is 6.92 Å². The fraction of sp³-hybridized carbons (Fsp3) is 0.0588. The van der Waals surface area contributed by atoms with Gasteiger partial charge in [0.05, 0.1) is 5.71 Å². The Labute approximate surface area is 124 Å². The van der Waals surface area contributed by atoms with Crippen molar-refractivity contribution < 1.29 is 0 Å². The Bertz CT molecular complexity index is 664. The zero-order chi connectivity index (χ0) is 15.1. The normalized spacial score (nSPS) is 11.6. The lowest BCUT2D eigenvalue weighted by molar-refractivity contribution is 1.20. The van der Waals surface area contributed by atoms with Crippen LogP contribution in [0.3, 0.4) is 0 Å². The molecule has 2 rings (SSSR count). The van der Waals surface area contributed by atoms with Gasteiger partial charge in [0.15, 0.2) is 0 Å². The van der Waals surface area contributed by atoms with Gasteiger partial charge in [-0.25, -0.2) is 0 Å². The number of hydrogen-bond donors (Lipinski definition) is 2. The van der Waals surface area contributed by atoms with Gasteiger partial charge in [0.2, 0.25) is 5.96 Å². The lowest BCUT2D eigenvalue weighted by atomic mass is 10.1. The molecule has 4 heteroatoms. The predicted octanol–water partition coefficient (Wildman–Crippen LogP) is 2.69. The van der Waals surface area contributed by atoms with Crippen LogP contribution in [-0.2, 0) is 0 Å². The number of allylic oxidation sites excluding steroid dienone is 1. The highest BCUT2D eigenvalue weighted by molar-refractivity contribution is 6.10. The van der Waals surface area contributed by atoms with Crippen molar-refractivity contribution in [3.05, 3.63) is 77.4 Å². The third-order valence-electron chi connectivity index (χ3n) is 2.85. The summed E-state index contributed by atoms with van der Waals surface area (Å²) in [4.78, 5) is 0. The van der Waals surface area contributed by atoms with Crippen molar-refractivity contribution in [1.29, 1.82) is 0 Å². The van der Waals surface area contributed by atoms with Crippen molar-refractivity contribution in [2.24, 2.45) is 21.7 Å². The summed E-state index contributed by atoms with van der Waals surface area (Å²) < 4.78 is 0. The molecule has 0 saturated heterocycles. The molecule has 0 amide bonds. The Morgan fingerprint density at radius 3 is 2.19 bits per heavy atom. The highest BCUT2D eigenvalue weighted by Crippen LogP contribution is 2.09. The molecule has 106 valence electrons. The molecule has 0 unspecified atom stereocenters. The molecule has 0 aromatic heterocycles. The van der Waals surface area contributed by atoms with Crippen LogP contribution in [0.5, 0.6) is 0 Å². The highest BCUT2D eigenvalue weighted by atomic mass is 15.3. The monoisotopic (exact) mass is 278 g/mol. The topological polar surface area (TPSA) is 76.8 Å². The smallest absolute Gasteiger partial charge is 0.211 e. The molecule has 4 N–H and O–H groups in total. The number of guanidine groups is 1. The highest BCUT2D eigenvalue weighted by Gasteiger charge is 2.00. The molecule has 0 heterocycles. The van der Waals surface area contributed by atoms with Gasteiger partial charge in [-0.1, -0.05) is 66.2 Å². The SMILES string of the molecule is Cc1ccc(C(/C=C/c2ccccc2)=N\N=C(N)N)cc1. The largest absolute Gasteiger partial charge is 0.369 e. The van der Waals surface area contributed by atoms with Gasteiger partial charge in [0.25, 0.3) is 0 Å². The van der Waals surface area contributed by atoms with Crippen LogP contribution < -0.4 is 11.5 Å². The number of nitrogens with two attached hydrogens (primary N) is 2. The first-order valence-electron chi connectivity index (χ1n) is 6.62. The first-order valence-corrected chi connectivity index (χ1v) is 6.62. The van der Waals surface area contributed by atoms with Crippen LogP contribution in [0.25, 0.3) is 6.08 Å². The van der Waals surface area contributed by atoms with E-state index in [1.54, 1.807) is 0 Å². The van der Waals surface area contributed by atoms with Gasteiger partial charge in [-0.05, 0) is 18.6 Å². The summed E-state index contributed by atoms with van der Waals surface area (Å²) in [6.07, 6.45) is 3.87. The van der Waals surface area contributed by atoms with E-state index in [0.717, 1.165) is 11.1 Å². The number of rotatable bonds is 4. The van der Waals surface area contributed by atoms with Gasteiger partial charge < -0.3 is 11.5 Å². The van der Waals surface area contributed by atoms with Crippen LogP contribution in [0.1, 0.15) is 16.7 Å². The van der Waals surface area contributed by atoms with Gasteiger partial charge in [-0.3, -0.25) is 0 Å². The van der Waals surface area contributed by atoms with Crippen molar-refractivity contribution in [2.75, 3.05) is 0 Å². The fourth-order valence-corrected chi connectivity index (χ4v) is 1.76. The summed E-state index contributed by atoms with van der Waals surface area (Å²) in [5.41, 5.74) is 14.6. The van der Waals surface area contributed by atoms with Crippen LogP contribution in [0.2, 0.25) is 0 Å². The van der Waals surface area contributed by atoms with Gasteiger partial charge in [-0.15, -0.1) is 10.2 Å². The molecule has 0 aliphatic heterocycles. The molecule has 0 aliphatic carbocycles. The first-order chi connectivity index (χ1) is 10.1. The third-order valence-corrected chi connectivity index (χ3v) is 2.85. The minimum atomic E-state index is -0.0623. The van der Waals surface area contributed by atoms with Crippen LogP contribution in [0, 0.1) is 6.92 Å². The molecule has 2 aromatic carbocycles. The first kappa shape index (κ1) is 14.5. The van der Waals surface area contributed by atoms with Crippen molar-refractivity contribution in [1.82, 2.24) is 0 Å². The molecule has 0 fully saturated rings. The van der Waals surface area contributed by atoms with Crippen LogP contribution in [-0.4, -0.2) is 11.7 Å². The van der Waals surface area contributed by atoms with Crippen molar-refractivity contribution in [3.63, 3.8) is 0 Å². The summed E-state index contributed by atoms with van der Waals surface area (Å²) in [7, 11) is 0. The molecular weight excluding hydrogens is 260 g/mol. The minimum absolute atomic E-state index is 0.0623. The fourth-order valence-electron chi connectivity index (χ4n) is 1.76. The summed E-state index contributed by atoms with van der Waals surface area (Å²) in [6.45, 7) is 2.04. The Morgan fingerprint density at radius 2 is 1.57 bits per heavy atom.